The molecule has 18 heavy (non-hydrogen) atoms. The minimum atomic E-state index is -1.25. The van der Waals surface area contributed by atoms with Gasteiger partial charge < -0.3 is 14.8 Å². The van der Waals surface area contributed by atoms with E-state index in [1.54, 1.807) is 18.3 Å². The molecule has 0 aliphatic heterocycles. The van der Waals surface area contributed by atoms with Crippen molar-refractivity contribution in [1.82, 2.24) is 4.57 Å². The van der Waals surface area contributed by atoms with Gasteiger partial charge in [0.25, 0.3) is 5.56 Å². The molecule has 0 radical (unpaired) electrons. The molecule has 1 aromatic heterocycles. The van der Waals surface area contributed by atoms with Crippen LogP contribution in [0.2, 0.25) is 0 Å². The van der Waals surface area contributed by atoms with Gasteiger partial charge in [-0.15, -0.1) is 0 Å². The molecule has 0 aliphatic rings. The van der Waals surface area contributed by atoms with Crippen LogP contribution in [0, 0.1) is 0 Å². The van der Waals surface area contributed by atoms with Crippen molar-refractivity contribution >= 4 is 5.97 Å². The summed E-state index contributed by atoms with van der Waals surface area (Å²) in [6.07, 6.45) is 1.56. The number of aromatic hydroxyl groups is 1. The molecule has 5 nitrogen and oxygen atoms in total. The first-order chi connectivity index (χ1) is 8.49. The molecule has 2 N–H and O–H groups in total. The van der Waals surface area contributed by atoms with Crippen molar-refractivity contribution in [2.45, 2.75) is 0 Å². The van der Waals surface area contributed by atoms with E-state index in [0.29, 0.717) is 5.56 Å². The van der Waals surface area contributed by atoms with Crippen LogP contribution in [-0.4, -0.2) is 20.7 Å². The maximum atomic E-state index is 11.6. The fourth-order valence-electron chi connectivity index (χ4n) is 1.68. The number of nitrogens with zero attached hydrogens (tertiary/aromatic N) is 1. The number of carbonyl (C=O) groups is 1. The number of carboxylic acid groups (broad SMARTS) is 1. The van der Waals surface area contributed by atoms with Crippen molar-refractivity contribution in [2.24, 2.45) is 7.05 Å². The molecule has 0 bridgehead atoms. The Kier molecular flexibility index (Phi) is 2.89. The van der Waals surface area contributed by atoms with Crippen molar-refractivity contribution < 1.29 is 15.0 Å². The second-order valence-corrected chi connectivity index (χ2v) is 3.91. The highest BCUT2D eigenvalue weighted by molar-refractivity contribution is 5.88. The van der Waals surface area contributed by atoms with Crippen LogP contribution in [0.3, 0.4) is 0 Å². The summed E-state index contributed by atoms with van der Waals surface area (Å²) in [6, 6.07) is 7.64. The highest BCUT2D eigenvalue weighted by Crippen LogP contribution is 2.21. The summed E-state index contributed by atoms with van der Waals surface area (Å²) in [5.74, 6) is -1.13. The Hall–Kier alpha value is -2.56. The minimum absolute atomic E-state index is 0.127. The third-order valence-corrected chi connectivity index (χ3v) is 2.61. The van der Waals surface area contributed by atoms with Gasteiger partial charge in [0.15, 0.2) is 0 Å². The number of hydrogen-bond donors (Lipinski definition) is 2. The molecular formula is C13H11NO4. The highest BCUT2D eigenvalue weighted by Gasteiger charge is 2.12. The second-order valence-electron chi connectivity index (χ2n) is 3.91. The molecule has 0 saturated carbocycles. The van der Waals surface area contributed by atoms with E-state index in [1.807, 2.05) is 0 Å². The first kappa shape index (κ1) is 11.9. The Morgan fingerprint density at radius 2 is 1.78 bits per heavy atom. The molecule has 0 saturated heterocycles. The van der Waals surface area contributed by atoms with E-state index in [2.05, 4.69) is 0 Å². The molecular weight excluding hydrogens is 234 g/mol. The number of phenolic OH excluding ortho intramolecular Hbond substituents is 1. The molecule has 0 spiro atoms. The van der Waals surface area contributed by atoms with Crippen LogP contribution in [0.1, 0.15) is 10.4 Å². The van der Waals surface area contributed by atoms with Gasteiger partial charge in [-0.2, -0.15) is 0 Å². The number of rotatable bonds is 2. The average Bonchev–Trinajstić information content (AvgIpc) is 2.33. The zero-order chi connectivity index (χ0) is 13.3. The van der Waals surface area contributed by atoms with Crippen molar-refractivity contribution in [3.05, 3.63) is 52.4 Å². The molecule has 0 fully saturated rings. The molecule has 0 amide bonds. The smallest absolute Gasteiger partial charge is 0.341 e. The summed E-state index contributed by atoms with van der Waals surface area (Å²) in [4.78, 5) is 22.5. The summed E-state index contributed by atoms with van der Waals surface area (Å²) in [5.41, 5.74) is 0.508. The zero-order valence-corrected chi connectivity index (χ0v) is 9.62. The van der Waals surface area contributed by atoms with E-state index < -0.39 is 11.5 Å². The maximum absolute atomic E-state index is 11.6. The number of benzene rings is 1. The SMILES string of the molecule is Cn1cc(-c2ccc(O)cc2)cc(C(=O)O)c1=O. The number of aromatic carboxylic acids is 1. The van der Waals surface area contributed by atoms with Crippen molar-refractivity contribution in [3.63, 3.8) is 0 Å². The molecule has 2 aromatic rings. The van der Waals surface area contributed by atoms with E-state index in [0.717, 1.165) is 5.56 Å². The number of phenols is 1. The van der Waals surface area contributed by atoms with E-state index in [4.69, 9.17) is 5.11 Å². The molecule has 2 rings (SSSR count). The normalized spacial score (nSPS) is 10.3. The molecule has 0 aliphatic carbocycles. The largest absolute Gasteiger partial charge is 0.508 e. The summed E-state index contributed by atoms with van der Waals surface area (Å²) in [6.45, 7) is 0. The van der Waals surface area contributed by atoms with E-state index in [-0.39, 0.29) is 11.3 Å². The van der Waals surface area contributed by atoms with Crippen LogP contribution in [0.5, 0.6) is 5.75 Å². The van der Waals surface area contributed by atoms with Crippen LogP contribution in [0.15, 0.2) is 41.3 Å². The topological polar surface area (TPSA) is 79.5 Å². The molecule has 5 heteroatoms. The Balaban J connectivity index is 2.62. The van der Waals surface area contributed by atoms with E-state index in [9.17, 15) is 14.7 Å². The molecule has 1 heterocycles. The summed E-state index contributed by atoms with van der Waals surface area (Å²) >= 11 is 0. The Labute approximate surface area is 103 Å². The first-order valence-corrected chi connectivity index (χ1v) is 5.22. The summed E-state index contributed by atoms with van der Waals surface area (Å²) in [7, 11) is 1.50. The lowest BCUT2D eigenvalue weighted by Gasteiger charge is -2.06. The monoisotopic (exact) mass is 245 g/mol. The lowest BCUT2D eigenvalue weighted by atomic mass is 10.1. The van der Waals surface area contributed by atoms with E-state index in [1.165, 1.54) is 29.8 Å². The zero-order valence-electron chi connectivity index (χ0n) is 9.62. The lowest BCUT2D eigenvalue weighted by molar-refractivity contribution is 0.0694. The van der Waals surface area contributed by atoms with Gasteiger partial charge in [-0.1, -0.05) is 12.1 Å². The van der Waals surface area contributed by atoms with Gasteiger partial charge in [0, 0.05) is 13.2 Å². The van der Waals surface area contributed by atoms with Gasteiger partial charge in [-0.3, -0.25) is 4.79 Å². The van der Waals surface area contributed by atoms with Gasteiger partial charge >= 0.3 is 5.97 Å². The highest BCUT2D eigenvalue weighted by atomic mass is 16.4. The fraction of sp³-hybridized carbons (Fsp3) is 0.0769. The fourth-order valence-corrected chi connectivity index (χ4v) is 1.68. The molecule has 1 aromatic carbocycles. The quantitative estimate of drug-likeness (QED) is 0.839. The summed E-state index contributed by atoms with van der Waals surface area (Å²) < 4.78 is 1.23. The molecule has 0 unspecified atom stereocenters. The van der Waals surface area contributed by atoms with E-state index >= 15 is 0 Å². The van der Waals surface area contributed by atoms with Gasteiger partial charge in [-0.05, 0) is 29.3 Å². The Morgan fingerprint density at radius 3 is 2.33 bits per heavy atom. The van der Waals surface area contributed by atoms with Crippen LogP contribution >= 0.6 is 0 Å². The minimum Gasteiger partial charge on any atom is -0.508 e. The number of pyridine rings is 1. The number of carboxylic acids is 1. The standard InChI is InChI=1S/C13H11NO4/c1-14-7-9(6-11(12(14)16)13(17)18)8-2-4-10(15)5-3-8/h2-7,15H,1H3,(H,17,18). The predicted molar refractivity (Wildman–Crippen MR) is 65.7 cm³/mol. The van der Waals surface area contributed by atoms with Crippen LogP contribution in [0.25, 0.3) is 11.1 Å². The maximum Gasteiger partial charge on any atom is 0.341 e. The van der Waals surface area contributed by atoms with Gasteiger partial charge in [0.05, 0.1) is 0 Å². The van der Waals surface area contributed by atoms with Gasteiger partial charge in [-0.25, -0.2) is 4.79 Å². The first-order valence-electron chi connectivity index (χ1n) is 5.22. The van der Waals surface area contributed by atoms with Gasteiger partial charge in [0.2, 0.25) is 0 Å². The van der Waals surface area contributed by atoms with Crippen LogP contribution < -0.4 is 5.56 Å². The van der Waals surface area contributed by atoms with Crippen LogP contribution in [0.4, 0.5) is 0 Å². The lowest BCUT2D eigenvalue weighted by Crippen LogP contribution is -2.23. The molecule has 92 valence electrons. The molecule has 0 atom stereocenters. The number of aryl methyl sites for hydroxylation is 1. The Morgan fingerprint density at radius 1 is 1.17 bits per heavy atom. The van der Waals surface area contributed by atoms with Crippen LogP contribution in [-0.2, 0) is 7.05 Å². The van der Waals surface area contributed by atoms with Gasteiger partial charge in [0.1, 0.15) is 11.3 Å². The van der Waals surface area contributed by atoms with Crippen molar-refractivity contribution in [1.29, 1.82) is 0 Å². The number of hydrogen-bond acceptors (Lipinski definition) is 3. The third kappa shape index (κ3) is 2.10. The number of aromatic nitrogens is 1. The van der Waals surface area contributed by atoms with Crippen molar-refractivity contribution in [3.8, 4) is 16.9 Å². The van der Waals surface area contributed by atoms with Crippen molar-refractivity contribution in [2.75, 3.05) is 0 Å². The third-order valence-electron chi connectivity index (χ3n) is 2.61. The Bertz CT molecular complexity index is 656. The summed E-state index contributed by atoms with van der Waals surface area (Å²) in [5, 5.41) is 18.1. The second kappa shape index (κ2) is 4.37. The average molecular weight is 245 g/mol. The predicted octanol–water partition coefficient (Wildman–Crippen LogP) is 1.46.